The summed E-state index contributed by atoms with van der Waals surface area (Å²) in [6, 6.07) is 0. The van der Waals surface area contributed by atoms with Crippen LogP contribution in [-0.4, -0.2) is 37.2 Å². The molecule has 62 heavy (non-hydrogen) atoms. The molecule has 0 aliphatic carbocycles. The molecule has 0 aliphatic heterocycles. The number of unbranched alkanes of at least 4 members (excludes halogenated alkanes) is 32. The van der Waals surface area contributed by atoms with E-state index in [-0.39, 0.29) is 31.1 Å². The molecule has 0 aromatic rings. The monoisotopic (exact) mass is 871 g/mol. The molecule has 0 aromatic heterocycles. The summed E-state index contributed by atoms with van der Waals surface area (Å²) in [6.07, 6.45) is 60.0. The summed E-state index contributed by atoms with van der Waals surface area (Å²) >= 11 is 0. The standard InChI is InChI=1S/C56H102O6/c1-4-7-10-13-16-19-22-24-26-28-30-31-34-37-40-43-46-49-55(58)61-52-53(51-60-54(57)48-45-42-39-36-33-21-18-15-12-9-6-3)62-56(59)50-47-44-41-38-35-32-29-27-25-23-20-17-14-11-8-5-2/h9,12,18,21,36,39,53H,4-8,10-11,13-17,19-20,22-35,37-38,40-52H2,1-3H3/b12-9-,21-18-,39-36-. The van der Waals surface area contributed by atoms with Crippen molar-refractivity contribution >= 4 is 17.9 Å². The highest BCUT2D eigenvalue weighted by Gasteiger charge is 2.19. The van der Waals surface area contributed by atoms with E-state index in [1.54, 1.807) is 0 Å². The van der Waals surface area contributed by atoms with Gasteiger partial charge in [-0.2, -0.15) is 0 Å². The Labute approximate surface area is 385 Å². The van der Waals surface area contributed by atoms with Crippen LogP contribution in [0.25, 0.3) is 0 Å². The molecule has 0 saturated heterocycles. The molecule has 0 heterocycles. The van der Waals surface area contributed by atoms with E-state index >= 15 is 0 Å². The van der Waals surface area contributed by atoms with Gasteiger partial charge in [0, 0.05) is 19.3 Å². The van der Waals surface area contributed by atoms with E-state index in [2.05, 4.69) is 57.2 Å². The number of carbonyl (C=O) groups is 3. The van der Waals surface area contributed by atoms with Gasteiger partial charge in [-0.05, 0) is 44.9 Å². The molecular weight excluding hydrogens is 769 g/mol. The number of ether oxygens (including phenoxy) is 3. The summed E-state index contributed by atoms with van der Waals surface area (Å²) in [5, 5.41) is 0. The third kappa shape index (κ3) is 48.7. The lowest BCUT2D eigenvalue weighted by atomic mass is 10.0. The van der Waals surface area contributed by atoms with Crippen LogP contribution >= 0.6 is 0 Å². The molecule has 0 aromatic carbocycles. The minimum Gasteiger partial charge on any atom is -0.462 e. The maximum Gasteiger partial charge on any atom is 0.306 e. The molecule has 0 rings (SSSR count). The van der Waals surface area contributed by atoms with Crippen LogP contribution in [0.5, 0.6) is 0 Å². The van der Waals surface area contributed by atoms with Crippen molar-refractivity contribution in [3.63, 3.8) is 0 Å². The Bertz CT molecular complexity index is 1050. The Hall–Kier alpha value is -2.37. The number of allylic oxidation sites excluding steroid dienone is 6. The van der Waals surface area contributed by atoms with Gasteiger partial charge in [0.25, 0.3) is 0 Å². The average Bonchev–Trinajstić information content (AvgIpc) is 3.27. The minimum absolute atomic E-state index is 0.0831. The highest BCUT2D eigenvalue weighted by atomic mass is 16.6. The molecule has 1 unspecified atom stereocenters. The maximum atomic E-state index is 12.8. The van der Waals surface area contributed by atoms with Crippen LogP contribution in [0.4, 0.5) is 0 Å². The zero-order chi connectivity index (χ0) is 45.1. The molecule has 6 heteroatoms. The van der Waals surface area contributed by atoms with Crippen LogP contribution in [0.2, 0.25) is 0 Å². The summed E-state index contributed by atoms with van der Waals surface area (Å²) in [7, 11) is 0. The molecule has 0 spiro atoms. The maximum absolute atomic E-state index is 12.8. The molecule has 0 saturated carbocycles. The van der Waals surface area contributed by atoms with Crippen LogP contribution < -0.4 is 0 Å². The van der Waals surface area contributed by atoms with E-state index in [0.717, 1.165) is 64.2 Å². The first-order valence-electron chi connectivity index (χ1n) is 27.0. The Balaban J connectivity index is 4.33. The van der Waals surface area contributed by atoms with E-state index < -0.39 is 6.10 Å². The molecule has 0 bridgehead atoms. The Morgan fingerprint density at radius 3 is 0.984 bits per heavy atom. The van der Waals surface area contributed by atoms with Crippen molar-refractivity contribution in [1.29, 1.82) is 0 Å². The van der Waals surface area contributed by atoms with Crippen LogP contribution in [0.15, 0.2) is 36.5 Å². The first kappa shape index (κ1) is 59.6. The summed E-state index contributed by atoms with van der Waals surface area (Å²) in [4.78, 5) is 38.0. The largest absolute Gasteiger partial charge is 0.462 e. The van der Waals surface area contributed by atoms with Gasteiger partial charge in [-0.25, -0.2) is 0 Å². The van der Waals surface area contributed by atoms with Crippen molar-refractivity contribution in [3.8, 4) is 0 Å². The topological polar surface area (TPSA) is 78.9 Å². The predicted octanol–water partition coefficient (Wildman–Crippen LogP) is 17.7. The summed E-state index contributed by atoms with van der Waals surface area (Å²) < 4.78 is 16.8. The average molecular weight is 871 g/mol. The highest BCUT2D eigenvalue weighted by molar-refractivity contribution is 5.71. The van der Waals surface area contributed by atoms with Gasteiger partial charge in [-0.15, -0.1) is 0 Å². The molecular formula is C56H102O6. The van der Waals surface area contributed by atoms with Crippen molar-refractivity contribution in [2.75, 3.05) is 13.2 Å². The minimum atomic E-state index is -0.786. The number of rotatable bonds is 49. The SMILES string of the molecule is CC/C=C\C/C=C\C/C=C\CCCC(=O)OCC(COC(=O)CCCCCCCCCCCCCCCCCCC)OC(=O)CCCCCCCCCCCCCCCCCC. The fraction of sp³-hybridized carbons (Fsp3) is 0.839. The van der Waals surface area contributed by atoms with Gasteiger partial charge >= 0.3 is 17.9 Å². The number of esters is 3. The second kappa shape index (κ2) is 51.3. The van der Waals surface area contributed by atoms with Gasteiger partial charge < -0.3 is 14.2 Å². The lowest BCUT2D eigenvalue weighted by molar-refractivity contribution is -0.167. The first-order chi connectivity index (χ1) is 30.5. The van der Waals surface area contributed by atoms with Gasteiger partial charge in [-0.1, -0.05) is 256 Å². The molecule has 1 atom stereocenters. The van der Waals surface area contributed by atoms with Crippen molar-refractivity contribution in [2.24, 2.45) is 0 Å². The summed E-state index contributed by atoms with van der Waals surface area (Å²) in [5.41, 5.74) is 0. The number of hydrogen-bond acceptors (Lipinski definition) is 6. The molecule has 0 amide bonds. The van der Waals surface area contributed by atoms with E-state index in [1.165, 1.54) is 173 Å². The second-order valence-corrected chi connectivity index (χ2v) is 18.1. The quantitative estimate of drug-likeness (QED) is 0.0262. The van der Waals surface area contributed by atoms with Gasteiger partial charge in [0.1, 0.15) is 13.2 Å². The molecule has 6 nitrogen and oxygen atoms in total. The smallest absolute Gasteiger partial charge is 0.306 e. The van der Waals surface area contributed by atoms with Crippen LogP contribution in [0.3, 0.4) is 0 Å². The summed E-state index contributed by atoms with van der Waals surface area (Å²) in [5.74, 6) is -0.925. The van der Waals surface area contributed by atoms with E-state index in [4.69, 9.17) is 14.2 Å². The number of hydrogen-bond donors (Lipinski definition) is 0. The van der Waals surface area contributed by atoms with Crippen molar-refractivity contribution in [3.05, 3.63) is 36.5 Å². The van der Waals surface area contributed by atoms with Gasteiger partial charge in [0.2, 0.25) is 0 Å². The predicted molar refractivity (Wildman–Crippen MR) is 266 cm³/mol. The first-order valence-corrected chi connectivity index (χ1v) is 27.0. The van der Waals surface area contributed by atoms with Crippen LogP contribution in [-0.2, 0) is 28.6 Å². The van der Waals surface area contributed by atoms with Crippen LogP contribution in [0.1, 0.15) is 284 Å². The van der Waals surface area contributed by atoms with Crippen molar-refractivity contribution in [1.82, 2.24) is 0 Å². The molecule has 0 aliphatic rings. The van der Waals surface area contributed by atoms with Crippen molar-refractivity contribution < 1.29 is 28.6 Å². The van der Waals surface area contributed by atoms with Gasteiger partial charge in [0.15, 0.2) is 6.10 Å². The zero-order valence-electron chi connectivity index (χ0n) is 41.4. The molecule has 0 fully saturated rings. The van der Waals surface area contributed by atoms with E-state index in [0.29, 0.717) is 25.7 Å². The number of carbonyl (C=O) groups excluding carboxylic acids is 3. The Morgan fingerprint density at radius 2 is 0.629 bits per heavy atom. The fourth-order valence-electron chi connectivity index (χ4n) is 7.88. The summed E-state index contributed by atoms with van der Waals surface area (Å²) in [6.45, 7) is 6.51. The Morgan fingerprint density at radius 1 is 0.339 bits per heavy atom. The zero-order valence-corrected chi connectivity index (χ0v) is 41.4. The lowest BCUT2D eigenvalue weighted by Gasteiger charge is -2.18. The molecule has 0 N–H and O–H groups in total. The lowest BCUT2D eigenvalue weighted by Crippen LogP contribution is -2.30. The van der Waals surface area contributed by atoms with Gasteiger partial charge in [0.05, 0.1) is 0 Å². The molecule has 362 valence electrons. The van der Waals surface area contributed by atoms with Gasteiger partial charge in [-0.3, -0.25) is 14.4 Å². The van der Waals surface area contributed by atoms with Crippen LogP contribution in [0, 0.1) is 0 Å². The Kier molecular flexibility index (Phi) is 49.3. The fourth-order valence-corrected chi connectivity index (χ4v) is 7.88. The second-order valence-electron chi connectivity index (χ2n) is 18.1. The normalized spacial score (nSPS) is 12.2. The van der Waals surface area contributed by atoms with Crippen molar-refractivity contribution in [2.45, 2.75) is 290 Å². The third-order valence-corrected chi connectivity index (χ3v) is 11.9. The van der Waals surface area contributed by atoms with E-state index in [1.807, 2.05) is 0 Å². The molecule has 0 radical (unpaired) electrons. The highest BCUT2D eigenvalue weighted by Crippen LogP contribution is 2.17. The third-order valence-electron chi connectivity index (χ3n) is 11.9. The van der Waals surface area contributed by atoms with E-state index in [9.17, 15) is 14.4 Å².